The van der Waals surface area contributed by atoms with Crippen LogP contribution in [0.1, 0.15) is 44.8 Å². The lowest BCUT2D eigenvalue weighted by Gasteiger charge is -2.14. The highest BCUT2D eigenvalue weighted by atomic mass is 32.1. The number of anilines is 1. The predicted octanol–water partition coefficient (Wildman–Crippen LogP) is 3.81. The van der Waals surface area contributed by atoms with Crippen LogP contribution in [-0.2, 0) is 19.5 Å². The summed E-state index contributed by atoms with van der Waals surface area (Å²) in [4.78, 5) is 28.4. The van der Waals surface area contributed by atoms with Crippen LogP contribution in [0.15, 0.2) is 48.9 Å². The van der Waals surface area contributed by atoms with Gasteiger partial charge in [0.05, 0.1) is 12.7 Å². The van der Waals surface area contributed by atoms with E-state index in [0.717, 1.165) is 34.2 Å². The molecule has 210 valence electrons. The predicted molar refractivity (Wildman–Crippen MR) is 134 cm³/mol. The van der Waals surface area contributed by atoms with Gasteiger partial charge >= 0.3 is 6.11 Å². The number of hydrogen-bond donors (Lipinski definition) is 2. The molecule has 0 fully saturated rings. The van der Waals surface area contributed by atoms with Crippen molar-refractivity contribution >= 4 is 28.3 Å². The van der Waals surface area contributed by atoms with E-state index < -0.39 is 24.0 Å². The molecule has 16 heteroatoms. The minimum Gasteiger partial charge on any atom is -0.433 e. The molecule has 0 aliphatic carbocycles. The van der Waals surface area contributed by atoms with Crippen LogP contribution >= 0.6 is 11.3 Å². The van der Waals surface area contributed by atoms with Gasteiger partial charge in [0.2, 0.25) is 5.13 Å². The topological polar surface area (TPSA) is 137 Å². The zero-order valence-electron chi connectivity index (χ0n) is 20.9. The first-order valence-corrected chi connectivity index (χ1v) is 12.6. The Labute approximate surface area is 228 Å². The van der Waals surface area contributed by atoms with Crippen LogP contribution in [0.3, 0.4) is 0 Å². The van der Waals surface area contributed by atoms with Crippen molar-refractivity contribution in [2.24, 2.45) is 0 Å². The van der Waals surface area contributed by atoms with Crippen LogP contribution in [0, 0.1) is 5.82 Å². The van der Waals surface area contributed by atoms with Crippen molar-refractivity contribution < 1.29 is 31.9 Å². The summed E-state index contributed by atoms with van der Waals surface area (Å²) < 4.78 is 60.3. The lowest BCUT2D eigenvalue weighted by atomic mass is 10.2. The summed E-state index contributed by atoms with van der Waals surface area (Å²) in [6.45, 7) is 0.0229. The van der Waals surface area contributed by atoms with Crippen molar-refractivity contribution in [1.29, 1.82) is 0 Å². The van der Waals surface area contributed by atoms with Gasteiger partial charge in [0.25, 0.3) is 11.8 Å². The van der Waals surface area contributed by atoms with Crippen LogP contribution in [-0.4, -0.2) is 54.3 Å². The standard InChI is InChI=1S/C24H22F4N8O3S/c1-24(27,28)39-17-3-4-18(26)15(10-17)11-30-22(38)19-13-36(35-32-19)12-16(25)2-5-20-33-34-23(40-20)31-21(37)14-6-8-29-9-7-14/h3-4,6-10,13,16H,2,5,11-12H2,1H3,(H,30,38)(H,31,34,37). The summed E-state index contributed by atoms with van der Waals surface area (Å²) in [6, 6.07) is 6.15. The summed E-state index contributed by atoms with van der Waals surface area (Å²) in [7, 11) is 0. The second-order valence-corrected chi connectivity index (χ2v) is 9.56. The van der Waals surface area contributed by atoms with Gasteiger partial charge in [-0.25, -0.2) is 13.5 Å². The van der Waals surface area contributed by atoms with E-state index in [1.807, 2.05) is 0 Å². The third-order valence-electron chi connectivity index (χ3n) is 5.21. The monoisotopic (exact) mass is 578 g/mol. The lowest BCUT2D eigenvalue weighted by molar-refractivity contribution is -0.159. The first-order chi connectivity index (χ1) is 19.1. The quantitative estimate of drug-likeness (QED) is 0.242. The van der Waals surface area contributed by atoms with Crippen LogP contribution in [0.2, 0.25) is 0 Å². The zero-order valence-corrected chi connectivity index (χ0v) is 21.7. The SMILES string of the molecule is CC(F)(F)Oc1ccc(F)c(CNC(=O)c2cn(CC(F)CCc3nnc(NC(=O)c4ccncc4)s3)nn2)c1. The highest BCUT2D eigenvalue weighted by Gasteiger charge is 2.24. The second kappa shape index (κ2) is 12.6. The third kappa shape index (κ3) is 8.26. The largest absolute Gasteiger partial charge is 0.433 e. The molecule has 1 unspecified atom stereocenters. The Bertz CT molecular complexity index is 1460. The third-order valence-corrected chi connectivity index (χ3v) is 6.11. The van der Waals surface area contributed by atoms with Gasteiger partial charge in [-0.3, -0.25) is 19.9 Å². The summed E-state index contributed by atoms with van der Waals surface area (Å²) in [5.74, 6) is -2.08. The molecule has 4 rings (SSSR count). The van der Waals surface area contributed by atoms with Crippen LogP contribution < -0.4 is 15.4 Å². The van der Waals surface area contributed by atoms with Crippen molar-refractivity contribution in [3.8, 4) is 5.75 Å². The maximum atomic E-state index is 14.6. The van der Waals surface area contributed by atoms with E-state index in [4.69, 9.17) is 0 Å². The van der Waals surface area contributed by atoms with E-state index in [1.54, 1.807) is 12.1 Å². The maximum Gasteiger partial charge on any atom is 0.394 e. The lowest BCUT2D eigenvalue weighted by Crippen LogP contribution is -2.24. The molecule has 0 saturated heterocycles. The average Bonchev–Trinajstić information content (AvgIpc) is 3.57. The number of hydrogen-bond acceptors (Lipinski definition) is 9. The molecule has 0 saturated carbocycles. The fourth-order valence-corrected chi connectivity index (χ4v) is 4.12. The highest BCUT2D eigenvalue weighted by molar-refractivity contribution is 7.15. The Morgan fingerprint density at radius 2 is 1.90 bits per heavy atom. The first kappa shape index (κ1) is 28.5. The molecular weight excluding hydrogens is 556 g/mol. The van der Waals surface area contributed by atoms with Crippen LogP contribution in [0.25, 0.3) is 0 Å². The minimum atomic E-state index is -3.45. The molecule has 0 bridgehead atoms. The molecule has 2 amide bonds. The van der Waals surface area contributed by atoms with Gasteiger partial charge in [-0.2, -0.15) is 8.78 Å². The Balaban J connectivity index is 1.23. The molecule has 40 heavy (non-hydrogen) atoms. The number of ether oxygens (including phenoxy) is 1. The number of pyridine rings is 1. The molecule has 3 heterocycles. The number of nitrogens with zero attached hydrogens (tertiary/aromatic N) is 6. The molecule has 0 spiro atoms. The molecule has 0 radical (unpaired) electrons. The van der Waals surface area contributed by atoms with Crippen LogP contribution in [0.5, 0.6) is 5.75 Å². The fourth-order valence-electron chi connectivity index (χ4n) is 3.37. The van der Waals surface area contributed by atoms with Gasteiger partial charge < -0.3 is 10.1 Å². The maximum absolute atomic E-state index is 14.6. The first-order valence-electron chi connectivity index (χ1n) is 11.8. The molecule has 3 aromatic heterocycles. The number of alkyl halides is 3. The van der Waals surface area contributed by atoms with E-state index in [0.29, 0.717) is 17.5 Å². The summed E-state index contributed by atoms with van der Waals surface area (Å²) >= 11 is 1.12. The highest BCUT2D eigenvalue weighted by Crippen LogP contribution is 2.23. The number of carbonyl (C=O) groups is 2. The van der Waals surface area contributed by atoms with E-state index in [9.17, 15) is 27.2 Å². The summed E-state index contributed by atoms with van der Waals surface area (Å²) in [5, 5.41) is 21.1. The number of rotatable bonds is 12. The Morgan fingerprint density at radius 3 is 2.65 bits per heavy atom. The average molecular weight is 579 g/mol. The van der Waals surface area contributed by atoms with Gasteiger partial charge in [0, 0.05) is 43.4 Å². The number of aromatic nitrogens is 6. The minimum absolute atomic E-state index is 0.0722. The zero-order chi connectivity index (χ0) is 28.7. The molecule has 2 N–H and O–H groups in total. The molecule has 0 aliphatic rings. The summed E-state index contributed by atoms with van der Waals surface area (Å²) in [5.41, 5.74) is 0.189. The molecule has 1 atom stereocenters. The van der Waals surface area contributed by atoms with E-state index in [-0.39, 0.29) is 54.0 Å². The number of halogens is 4. The molecule has 1 aromatic carbocycles. The number of benzene rings is 1. The Hall–Kier alpha value is -4.47. The van der Waals surface area contributed by atoms with Gasteiger partial charge in [-0.05, 0) is 36.8 Å². The molecule has 11 nitrogen and oxygen atoms in total. The molecule has 4 aromatic rings. The van der Waals surface area contributed by atoms with Crippen LogP contribution in [0.4, 0.5) is 22.7 Å². The smallest absolute Gasteiger partial charge is 0.394 e. The van der Waals surface area contributed by atoms with Gasteiger partial charge in [0.1, 0.15) is 22.7 Å². The number of nitrogens with one attached hydrogen (secondary N) is 2. The van der Waals surface area contributed by atoms with Crippen molar-refractivity contribution in [2.75, 3.05) is 5.32 Å². The second-order valence-electron chi connectivity index (χ2n) is 8.50. The number of amides is 2. The van der Waals surface area contributed by atoms with Crippen molar-refractivity contribution in [3.05, 3.63) is 76.6 Å². The molecular formula is C24H22F4N8O3S. The fraction of sp³-hybridized carbons (Fsp3) is 0.292. The number of carbonyl (C=O) groups excluding carboxylic acids is 2. The van der Waals surface area contributed by atoms with E-state index in [2.05, 4.69) is 40.9 Å². The normalized spacial score (nSPS) is 12.1. The van der Waals surface area contributed by atoms with Crippen molar-refractivity contribution in [3.63, 3.8) is 0 Å². The summed E-state index contributed by atoms with van der Waals surface area (Å²) in [6.07, 6.45) is -0.275. The Morgan fingerprint density at radius 1 is 1.12 bits per heavy atom. The number of aryl methyl sites for hydroxylation is 1. The van der Waals surface area contributed by atoms with Gasteiger partial charge in [0.15, 0.2) is 5.69 Å². The Kier molecular flexibility index (Phi) is 8.98. The van der Waals surface area contributed by atoms with E-state index in [1.165, 1.54) is 18.6 Å². The van der Waals surface area contributed by atoms with Gasteiger partial charge in [-0.1, -0.05) is 16.6 Å². The van der Waals surface area contributed by atoms with Gasteiger partial charge in [-0.15, -0.1) is 15.3 Å². The van der Waals surface area contributed by atoms with Crippen molar-refractivity contribution in [1.82, 2.24) is 35.5 Å². The van der Waals surface area contributed by atoms with Crippen molar-refractivity contribution in [2.45, 2.75) is 45.1 Å². The molecule has 0 aliphatic heterocycles. The van der Waals surface area contributed by atoms with E-state index >= 15 is 0 Å².